The second-order valence-electron chi connectivity index (χ2n) is 18.5. The highest BCUT2D eigenvalue weighted by Gasteiger charge is 2.50. The maximum atomic E-state index is 14.7. The molecule has 290 valence electrons. The molecular weight excluding hydrogens is 673 g/mol. The number of ether oxygens (including phenoxy) is 1. The van der Waals surface area contributed by atoms with Crippen LogP contribution < -0.4 is 0 Å². The van der Waals surface area contributed by atoms with Gasteiger partial charge in [-0.1, -0.05) is 87.5 Å². The van der Waals surface area contributed by atoms with Crippen LogP contribution in [0.3, 0.4) is 0 Å². The zero-order chi connectivity index (χ0) is 39.3. The standard InChI is InChI=1S/C41H72N2O6Si2/c1-28(22-20-18-19-21-23-34(44)31-24-25-33-32(26-31)42-30(3)43(33)12)37(49-51(16,17)40(7,8)9)29(2)38(46)41(10,11)35(27-36(45)47-13)48-50(14,15)39(4,5)6/h19,21,24-26,28-29,34-35,37,44H,18,20,22-23,27H2,1-17H3/b21-19-/t28-,29+,34-,35-,37-/m0/s1. The van der Waals surface area contributed by atoms with Crippen LogP contribution in [0.4, 0.5) is 0 Å². The molecule has 10 heteroatoms. The number of unbranched alkanes of at least 4 members (excludes halogenated alkanes) is 1. The highest BCUT2D eigenvalue weighted by atomic mass is 28.4. The molecule has 0 radical (unpaired) electrons. The van der Waals surface area contributed by atoms with Crippen LogP contribution >= 0.6 is 0 Å². The van der Waals surface area contributed by atoms with Crippen LogP contribution in [0.25, 0.3) is 11.0 Å². The number of benzene rings is 1. The lowest BCUT2D eigenvalue weighted by Crippen LogP contribution is -2.54. The Morgan fingerprint density at radius 2 is 1.51 bits per heavy atom. The fourth-order valence-electron chi connectivity index (χ4n) is 6.08. The van der Waals surface area contributed by atoms with E-state index in [9.17, 15) is 14.7 Å². The second-order valence-corrected chi connectivity index (χ2v) is 28.0. The molecule has 0 saturated heterocycles. The fraction of sp³-hybridized carbons (Fsp3) is 0.732. The lowest BCUT2D eigenvalue weighted by atomic mass is 9.73. The zero-order valence-electron chi connectivity index (χ0n) is 35.2. The molecule has 2 aromatic rings. The largest absolute Gasteiger partial charge is 0.469 e. The van der Waals surface area contributed by atoms with Crippen molar-refractivity contribution in [2.75, 3.05) is 7.11 Å². The summed E-state index contributed by atoms with van der Waals surface area (Å²) in [6.07, 6.45) is 6.00. The number of nitrogens with zero attached hydrogens (tertiary/aromatic N) is 2. The van der Waals surface area contributed by atoms with Crippen molar-refractivity contribution in [3.8, 4) is 0 Å². The molecule has 1 aromatic carbocycles. The third-order valence-electron chi connectivity index (χ3n) is 12.0. The van der Waals surface area contributed by atoms with Crippen molar-refractivity contribution in [3.05, 3.63) is 41.7 Å². The molecular formula is C41H72N2O6Si2. The molecule has 0 aliphatic carbocycles. The van der Waals surface area contributed by atoms with Crippen LogP contribution in [0.2, 0.25) is 36.3 Å². The highest BCUT2D eigenvalue weighted by Crippen LogP contribution is 2.44. The minimum atomic E-state index is -2.33. The Hall–Kier alpha value is -2.12. The second kappa shape index (κ2) is 17.4. The van der Waals surface area contributed by atoms with E-state index in [4.69, 9.17) is 13.6 Å². The van der Waals surface area contributed by atoms with Crippen molar-refractivity contribution < 1.29 is 28.3 Å². The van der Waals surface area contributed by atoms with Gasteiger partial charge in [-0.25, -0.2) is 4.98 Å². The molecule has 8 nitrogen and oxygen atoms in total. The molecule has 0 saturated carbocycles. The van der Waals surface area contributed by atoms with E-state index < -0.39 is 40.2 Å². The first-order valence-electron chi connectivity index (χ1n) is 18.9. The number of Topliss-reactive ketones (excluding diaryl/α,β-unsaturated/α-hetero) is 1. The first-order chi connectivity index (χ1) is 23.2. The van der Waals surface area contributed by atoms with Gasteiger partial charge in [-0.05, 0) is 92.5 Å². The highest BCUT2D eigenvalue weighted by molar-refractivity contribution is 6.74. The summed E-state index contributed by atoms with van der Waals surface area (Å²) in [6, 6.07) is 5.98. The van der Waals surface area contributed by atoms with Crippen LogP contribution in [0.15, 0.2) is 30.4 Å². The lowest BCUT2D eigenvalue weighted by molar-refractivity contribution is -0.148. The van der Waals surface area contributed by atoms with E-state index in [1.165, 1.54) is 7.11 Å². The third-order valence-corrected chi connectivity index (χ3v) is 21.0. The Morgan fingerprint density at radius 3 is 2.06 bits per heavy atom. The van der Waals surface area contributed by atoms with Gasteiger partial charge in [0.05, 0.1) is 42.9 Å². The van der Waals surface area contributed by atoms with E-state index >= 15 is 0 Å². The van der Waals surface area contributed by atoms with Crippen LogP contribution in [0.5, 0.6) is 0 Å². The number of aromatic nitrogens is 2. The average Bonchev–Trinajstić information content (AvgIpc) is 3.30. The molecule has 1 heterocycles. The minimum absolute atomic E-state index is 0.0222. The molecule has 0 amide bonds. The topological polar surface area (TPSA) is 99.9 Å². The van der Waals surface area contributed by atoms with E-state index in [0.717, 1.165) is 41.7 Å². The van der Waals surface area contributed by atoms with Gasteiger partial charge in [0, 0.05) is 18.4 Å². The first kappa shape index (κ1) is 45.0. The van der Waals surface area contributed by atoms with Gasteiger partial charge in [0.2, 0.25) is 0 Å². The van der Waals surface area contributed by atoms with Gasteiger partial charge in [-0.15, -0.1) is 0 Å². The number of aryl methyl sites for hydroxylation is 2. The number of carbonyl (C=O) groups excluding carboxylic acids is 2. The summed E-state index contributed by atoms with van der Waals surface area (Å²) < 4.78 is 21.1. The fourth-order valence-corrected chi connectivity index (χ4v) is 8.99. The summed E-state index contributed by atoms with van der Waals surface area (Å²) in [7, 11) is -1.19. The minimum Gasteiger partial charge on any atom is -0.469 e. The summed E-state index contributed by atoms with van der Waals surface area (Å²) >= 11 is 0. The van der Waals surface area contributed by atoms with Gasteiger partial charge in [0.15, 0.2) is 16.6 Å². The number of hydrogen-bond donors (Lipinski definition) is 1. The molecule has 2 rings (SSSR count). The number of carbonyl (C=O) groups is 2. The monoisotopic (exact) mass is 744 g/mol. The number of rotatable bonds is 18. The third kappa shape index (κ3) is 11.4. The van der Waals surface area contributed by atoms with E-state index in [1.807, 2.05) is 52.9 Å². The van der Waals surface area contributed by atoms with Crippen LogP contribution in [-0.2, 0) is 30.2 Å². The summed E-state index contributed by atoms with van der Waals surface area (Å²) in [5, 5.41) is 10.8. The average molecular weight is 745 g/mol. The van der Waals surface area contributed by atoms with Crippen LogP contribution in [0.1, 0.15) is 119 Å². The molecule has 51 heavy (non-hydrogen) atoms. The number of aliphatic hydroxyl groups excluding tert-OH is 1. The lowest BCUT2D eigenvalue weighted by Gasteiger charge is -2.46. The number of ketones is 1. The number of fused-ring (bicyclic) bond motifs is 1. The number of hydrogen-bond acceptors (Lipinski definition) is 7. The number of allylic oxidation sites excluding steroid dienone is 1. The maximum Gasteiger partial charge on any atom is 0.308 e. The van der Waals surface area contributed by atoms with Crippen LogP contribution in [0, 0.1) is 24.2 Å². The van der Waals surface area contributed by atoms with Gasteiger partial charge in [0.25, 0.3) is 0 Å². The zero-order valence-corrected chi connectivity index (χ0v) is 37.2. The van der Waals surface area contributed by atoms with Crippen molar-refractivity contribution >= 4 is 39.4 Å². The number of aliphatic hydroxyl groups is 1. The SMILES string of the molecule is COC(=O)C[C@H](O[Si](C)(C)C(C)(C)C)C(C)(C)C(=O)[C@H](C)[C@@H](O[Si](C)(C)C(C)(C)C)[C@@H](C)CCC/C=C\C[C@H](O)c1ccc2c(c1)nc(C)n2C. The van der Waals surface area contributed by atoms with E-state index in [1.54, 1.807) is 0 Å². The Labute approximate surface area is 312 Å². The Bertz CT molecular complexity index is 1500. The molecule has 0 spiro atoms. The summed E-state index contributed by atoms with van der Waals surface area (Å²) in [4.78, 5) is 31.9. The molecule has 1 N–H and O–H groups in total. The Morgan fingerprint density at radius 1 is 0.941 bits per heavy atom. The molecule has 0 unspecified atom stereocenters. The maximum absolute atomic E-state index is 14.7. The van der Waals surface area contributed by atoms with E-state index in [-0.39, 0.29) is 40.3 Å². The molecule has 0 aliphatic rings. The van der Waals surface area contributed by atoms with Gasteiger partial charge < -0.3 is 23.3 Å². The van der Waals surface area contributed by atoms with Gasteiger partial charge in [0.1, 0.15) is 11.6 Å². The van der Waals surface area contributed by atoms with E-state index in [0.29, 0.717) is 6.42 Å². The number of methoxy groups -OCH3 is 1. The predicted octanol–water partition coefficient (Wildman–Crippen LogP) is 10.2. The normalized spacial score (nSPS) is 16.7. The van der Waals surface area contributed by atoms with Crippen molar-refractivity contribution in [2.45, 2.75) is 163 Å². The summed E-state index contributed by atoms with van der Waals surface area (Å²) in [6.45, 7) is 32.0. The molecule has 5 atom stereocenters. The quantitative estimate of drug-likeness (QED) is 0.0702. The summed E-state index contributed by atoms with van der Waals surface area (Å²) in [5.74, 6) is 0.349. The van der Waals surface area contributed by atoms with Gasteiger partial charge in [-0.3, -0.25) is 9.59 Å². The number of esters is 1. The van der Waals surface area contributed by atoms with Gasteiger partial charge >= 0.3 is 5.97 Å². The molecule has 0 aliphatic heterocycles. The predicted molar refractivity (Wildman–Crippen MR) is 216 cm³/mol. The van der Waals surface area contributed by atoms with Crippen molar-refractivity contribution in [1.29, 1.82) is 0 Å². The smallest absolute Gasteiger partial charge is 0.308 e. The molecule has 1 aromatic heterocycles. The van der Waals surface area contributed by atoms with Crippen molar-refractivity contribution in [1.82, 2.24) is 9.55 Å². The Balaban J connectivity index is 2.22. The first-order valence-corrected chi connectivity index (χ1v) is 24.7. The number of imidazole rings is 1. The Kier molecular flexibility index (Phi) is 15.3. The van der Waals surface area contributed by atoms with Gasteiger partial charge in [-0.2, -0.15) is 0 Å². The van der Waals surface area contributed by atoms with Crippen molar-refractivity contribution in [2.24, 2.45) is 24.3 Å². The van der Waals surface area contributed by atoms with Crippen molar-refractivity contribution in [3.63, 3.8) is 0 Å². The van der Waals surface area contributed by atoms with Crippen LogP contribution in [-0.4, -0.2) is 62.4 Å². The molecule has 0 bridgehead atoms. The molecule has 0 fully saturated rings. The summed E-state index contributed by atoms with van der Waals surface area (Å²) in [5.41, 5.74) is 1.89. The van der Waals surface area contributed by atoms with E-state index in [2.05, 4.69) is 96.4 Å².